The molecule has 0 radical (unpaired) electrons. The molecule has 0 saturated carbocycles. The molecule has 1 heterocycles. The Morgan fingerprint density at radius 1 is 1.38 bits per heavy atom. The molecule has 4 nitrogen and oxygen atoms in total. The summed E-state index contributed by atoms with van der Waals surface area (Å²) in [4.78, 5) is 4.93. The quantitative estimate of drug-likeness (QED) is 0.792. The summed E-state index contributed by atoms with van der Waals surface area (Å²) in [6, 6.07) is 7.14. The lowest BCUT2D eigenvalue weighted by Crippen LogP contribution is -2.50. The van der Waals surface area contributed by atoms with E-state index in [0.717, 1.165) is 43.8 Å². The maximum Gasteiger partial charge on any atom is 0.0587 e. The Bertz CT molecular complexity index is 455. The zero-order chi connectivity index (χ0) is 15.2. The summed E-state index contributed by atoms with van der Waals surface area (Å²) in [5, 5.41) is 3.45. The predicted octanol–water partition coefficient (Wildman–Crippen LogP) is 2.33. The van der Waals surface area contributed by atoms with E-state index in [1.165, 1.54) is 11.3 Å². The van der Waals surface area contributed by atoms with E-state index in [0.29, 0.717) is 6.04 Å². The molecule has 1 fully saturated rings. The zero-order valence-corrected chi connectivity index (χ0v) is 14.8. The molecule has 0 aromatic heterocycles. The number of halogens is 1. The first-order chi connectivity index (χ1) is 10.1. The van der Waals surface area contributed by atoms with Gasteiger partial charge in [-0.1, -0.05) is 15.9 Å². The molecule has 1 aliphatic heterocycles. The predicted molar refractivity (Wildman–Crippen MR) is 92.0 cm³/mol. The van der Waals surface area contributed by atoms with Gasteiger partial charge >= 0.3 is 0 Å². The fourth-order valence-electron chi connectivity index (χ4n) is 2.87. The Labute approximate surface area is 136 Å². The van der Waals surface area contributed by atoms with E-state index in [9.17, 15) is 0 Å². The topological polar surface area (TPSA) is 27.7 Å². The van der Waals surface area contributed by atoms with E-state index in [1.807, 2.05) is 0 Å². The van der Waals surface area contributed by atoms with Gasteiger partial charge in [0.05, 0.1) is 6.61 Å². The minimum atomic E-state index is 0.544. The van der Waals surface area contributed by atoms with Crippen molar-refractivity contribution in [2.24, 2.45) is 0 Å². The summed E-state index contributed by atoms with van der Waals surface area (Å²) in [6.45, 7) is 8.12. The van der Waals surface area contributed by atoms with E-state index >= 15 is 0 Å². The first-order valence-electron chi connectivity index (χ1n) is 7.55. The lowest BCUT2D eigenvalue weighted by Gasteiger charge is -2.40. The number of nitrogens with zero attached hydrogens (tertiary/aromatic N) is 2. The largest absolute Gasteiger partial charge is 0.383 e. The number of methoxy groups -OCH3 is 1. The summed E-state index contributed by atoms with van der Waals surface area (Å²) in [5.41, 5.74) is 2.69. The smallest absolute Gasteiger partial charge is 0.0587 e. The van der Waals surface area contributed by atoms with E-state index in [4.69, 9.17) is 4.74 Å². The van der Waals surface area contributed by atoms with E-state index in [2.05, 4.69) is 63.2 Å². The molecule has 1 saturated heterocycles. The molecule has 1 unspecified atom stereocenters. The third-order valence-electron chi connectivity index (χ3n) is 3.98. The maximum absolute atomic E-state index is 5.09. The van der Waals surface area contributed by atoms with Crippen molar-refractivity contribution in [1.82, 2.24) is 10.2 Å². The van der Waals surface area contributed by atoms with Crippen LogP contribution >= 0.6 is 15.9 Å². The molecule has 21 heavy (non-hydrogen) atoms. The van der Waals surface area contributed by atoms with Crippen LogP contribution in [0.4, 0.5) is 5.69 Å². The Balaban J connectivity index is 2.10. The van der Waals surface area contributed by atoms with Crippen molar-refractivity contribution in [3.8, 4) is 0 Å². The highest BCUT2D eigenvalue weighted by Crippen LogP contribution is 2.27. The molecule has 5 heteroatoms. The number of piperazine rings is 1. The van der Waals surface area contributed by atoms with Crippen molar-refractivity contribution >= 4 is 21.6 Å². The van der Waals surface area contributed by atoms with Crippen molar-refractivity contribution in [3.05, 3.63) is 28.2 Å². The van der Waals surface area contributed by atoms with Crippen LogP contribution in [0.2, 0.25) is 0 Å². The van der Waals surface area contributed by atoms with Gasteiger partial charge in [-0.25, -0.2) is 0 Å². The fourth-order valence-corrected chi connectivity index (χ4v) is 3.28. The Hall–Kier alpha value is -0.620. The van der Waals surface area contributed by atoms with Crippen LogP contribution in [0.5, 0.6) is 0 Å². The number of likely N-dealkylation sites (N-methyl/N-ethyl adjacent to an activating group) is 1. The second kappa shape index (κ2) is 8.13. The molecule has 0 amide bonds. The van der Waals surface area contributed by atoms with E-state index in [1.54, 1.807) is 7.11 Å². The minimum Gasteiger partial charge on any atom is -0.383 e. The second-order valence-corrected chi connectivity index (χ2v) is 6.66. The van der Waals surface area contributed by atoms with Crippen molar-refractivity contribution < 1.29 is 4.74 Å². The van der Waals surface area contributed by atoms with E-state index < -0.39 is 0 Å². The first kappa shape index (κ1) is 16.7. The van der Waals surface area contributed by atoms with Gasteiger partial charge in [0.25, 0.3) is 0 Å². The lowest BCUT2D eigenvalue weighted by atomic mass is 10.1. The molecule has 118 valence electrons. The SMILES string of the molecule is COCCNCc1cc(Br)ccc1N1CCN(C)CC1C. The van der Waals surface area contributed by atoms with Crippen LogP contribution in [-0.4, -0.2) is 57.9 Å². The number of nitrogens with one attached hydrogen (secondary N) is 1. The number of anilines is 1. The van der Waals surface area contributed by atoms with Crippen molar-refractivity contribution in [2.45, 2.75) is 19.5 Å². The summed E-state index contributed by atoms with van der Waals surface area (Å²) >= 11 is 3.59. The molecule has 1 atom stereocenters. The van der Waals surface area contributed by atoms with Crippen LogP contribution < -0.4 is 10.2 Å². The van der Waals surface area contributed by atoms with Gasteiger partial charge < -0.3 is 19.9 Å². The van der Waals surface area contributed by atoms with Gasteiger partial charge in [-0.05, 0) is 37.7 Å². The summed E-state index contributed by atoms with van der Waals surface area (Å²) < 4.78 is 6.23. The molecule has 1 aliphatic rings. The van der Waals surface area contributed by atoms with Crippen molar-refractivity contribution in [3.63, 3.8) is 0 Å². The fraction of sp³-hybridized carbons (Fsp3) is 0.625. The summed E-state index contributed by atoms with van der Waals surface area (Å²) in [6.07, 6.45) is 0. The third kappa shape index (κ3) is 4.68. The van der Waals surface area contributed by atoms with Gasteiger partial charge in [-0.15, -0.1) is 0 Å². The Kier molecular flexibility index (Phi) is 6.48. The summed E-state index contributed by atoms with van der Waals surface area (Å²) in [5.74, 6) is 0. The molecular weight excluding hydrogens is 330 g/mol. The average molecular weight is 356 g/mol. The number of rotatable bonds is 6. The van der Waals surface area contributed by atoms with Crippen LogP contribution in [0.1, 0.15) is 12.5 Å². The van der Waals surface area contributed by atoms with Crippen LogP contribution in [0.3, 0.4) is 0 Å². The molecule has 0 bridgehead atoms. The molecular formula is C16H26BrN3O. The molecule has 2 rings (SSSR count). The zero-order valence-electron chi connectivity index (χ0n) is 13.2. The number of hydrogen-bond acceptors (Lipinski definition) is 4. The maximum atomic E-state index is 5.09. The number of benzene rings is 1. The number of ether oxygens (including phenoxy) is 1. The van der Waals surface area contributed by atoms with Gasteiger partial charge in [0.15, 0.2) is 0 Å². The van der Waals surface area contributed by atoms with Crippen molar-refractivity contribution in [2.75, 3.05) is 51.8 Å². The van der Waals surface area contributed by atoms with Crippen LogP contribution in [0.15, 0.2) is 22.7 Å². The highest BCUT2D eigenvalue weighted by Gasteiger charge is 2.23. The Morgan fingerprint density at radius 3 is 2.90 bits per heavy atom. The van der Waals surface area contributed by atoms with Gasteiger partial charge in [0.1, 0.15) is 0 Å². The molecule has 0 aliphatic carbocycles. The molecule has 1 N–H and O–H groups in total. The highest BCUT2D eigenvalue weighted by molar-refractivity contribution is 9.10. The van der Waals surface area contributed by atoms with E-state index in [-0.39, 0.29) is 0 Å². The minimum absolute atomic E-state index is 0.544. The summed E-state index contributed by atoms with van der Waals surface area (Å²) in [7, 11) is 3.93. The van der Waals surface area contributed by atoms with Gasteiger partial charge in [0, 0.05) is 56.0 Å². The standard InChI is InChI=1S/C16H26BrN3O/c1-13-12-19(2)7-8-20(13)16-5-4-15(17)10-14(16)11-18-6-9-21-3/h4-5,10,13,18H,6-9,11-12H2,1-3H3. The lowest BCUT2D eigenvalue weighted by molar-refractivity contribution is 0.199. The molecule has 0 spiro atoms. The van der Waals surface area contributed by atoms with Gasteiger partial charge in [0.2, 0.25) is 0 Å². The van der Waals surface area contributed by atoms with Crippen molar-refractivity contribution in [1.29, 1.82) is 0 Å². The number of hydrogen-bond donors (Lipinski definition) is 1. The monoisotopic (exact) mass is 355 g/mol. The first-order valence-corrected chi connectivity index (χ1v) is 8.34. The van der Waals surface area contributed by atoms with Crippen LogP contribution in [0, 0.1) is 0 Å². The molecule has 1 aromatic carbocycles. The molecule has 1 aromatic rings. The second-order valence-electron chi connectivity index (χ2n) is 5.75. The Morgan fingerprint density at radius 2 is 2.19 bits per heavy atom. The average Bonchev–Trinajstić information content (AvgIpc) is 2.45. The van der Waals surface area contributed by atoms with Crippen LogP contribution in [0.25, 0.3) is 0 Å². The van der Waals surface area contributed by atoms with Crippen LogP contribution in [-0.2, 0) is 11.3 Å². The third-order valence-corrected chi connectivity index (χ3v) is 4.47. The van der Waals surface area contributed by atoms with Gasteiger partial charge in [-0.2, -0.15) is 0 Å². The highest BCUT2D eigenvalue weighted by atomic mass is 79.9. The normalized spacial score (nSPS) is 20.0. The van der Waals surface area contributed by atoms with Gasteiger partial charge in [-0.3, -0.25) is 0 Å².